The van der Waals surface area contributed by atoms with Gasteiger partial charge in [-0.3, -0.25) is 14.4 Å². The maximum absolute atomic E-state index is 13.7. The van der Waals surface area contributed by atoms with Gasteiger partial charge >= 0.3 is 5.97 Å². The van der Waals surface area contributed by atoms with Crippen LogP contribution in [-0.2, 0) is 29.5 Å². The van der Waals surface area contributed by atoms with Crippen molar-refractivity contribution in [3.8, 4) is 11.5 Å². The highest BCUT2D eigenvalue weighted by atomic mass is 16.5. The van der Waals surface area contributed by atoms with E-state index in [9.17, 15) is 14.4 Å². The van der Waals surface area contributed by atoms with Gasteiger partial charge in [0.05, 0.1) is 39.8 Å². The number of amides is 2. The minimum Gasteiger partial charge on any atom is -0.497 e. The van der Waals surface area contributed by atoms with Crippen LogP contribution in [-0.4, -0.2) is 69.2 Å². The molecule has 0 spiro atoms. The first-order valence-electron chi connectivity index (χ1n) is 17.0. The van der Waals surface area contributed by atoms with Crippen LogP contribution < -0.4 is 14.8 Å². The summed E-state index contributed by atoms with van der Waals surface area (Å²) in [4.78, 5) is 39.9. The minimum absolute atomic E-state index is 0.0191. The lowest BCUT2D eigenvalue weighted by atomic mass is 9.80. The summed E-state index contributed by atoms with van der Waals surface area (Å²) in [6.45, 7) is 2.65. The van der Waals surface area contributed by atoms with Crippen molar-refractivity contribution in [2.24, 2.45) is 0 Å². The van der Waals surface area contributed by atoms with Crippen LogP contribution in [0.5, 0.6) is 11.5 Å². The van der Waals surface area contributed by atoms with Crippen molar-refractivity contribution >= 4 is 17.8 Å². The molecule has 1 heterocycles. The lowest BCUT2D eigenvalue weighted by Crippen LogP contribution is -2.42. The summed E-state index contributed by atoms with van der Waals surface area (Å²) >= 11 is 0. The van der Waals surface area contributed by atoms with Crippen LogP contribution in [0.25, 0.3) is 0 Å². The van der Waals surface area contributed by atoms with Crippen LogP contribution in [0.3, 0.4) is 0 Å². The van der Waals surface area contributed by atoms with Gasteiger partial charge in [0.25, 0.3) is 0 Å². The first kappa shape index (κ1) is 36.5. The molecule has 1 fully saturated rings. The number of likely N-dealkylation sites (tertiary alicyclic amines) is 1. The van der Waals surface area contributed by atoms with E-state index in [1.54, 1.807) is 14.2 Å². The first-order valence-corrected chi connectivity index (χ1v) is 17.0. The number of unbranched alkanes of at least 4 members (excludes halogenated alkanes) is 4. The Morgan fingerprint density at radius 3 is 1.92 bits per heavy atom. The van der Waals surface area contributed by atoms with Crippen molar-refractivity contribution in [2.45, 2.75) is 82.5 Å². The number of nitrogens with zero attached hydrogens (tertiary/aromatic N) is 1. The molecule has 0 aliphatic carbocycles. The third kappa shape index (κ3) is 9.37. The number of hydrogen-bond donors (Lipinski definition) is 1. The van der Waals surface area contributed by atoms with E-state index in [1.165, 1.54) is 7.05 Å². The van der Waals surface area contributed by atoms with Crippen LogP contribution in [0.2, 0.25) is 0 Å². The van der Waals surface area contributed by atoms with Crippen molar-refractivity contribution in [1.82, 2.24) is 10.2 Å². The van der Waals surface area contributed by atoms with Crippen LogP contribution in [0.1, 0.15) is 81.4 Å². The predicted octanol–water partition coefficient (Wildman–Crippen LogP) is 6.41. The van der Waals surface area contributed by atoms with Gasteiger partial charge in [-0.25, -0.2) is 0 Å². The zero-order valence-electron chi connectivity index (χ0n) is 28.7. The summed E-state index contributed by atoms with van der Waals surface area (Å²) in [6.07, 6.45) is 5.61. The van der Waals surface area contributed by atoms with E-state index >= 15 is 0 Å². The van der Waals surface area contributed by atoms with Gasteiger partial charge in [0.2, 0.25) is 11.8 Å². The quantitative estimate of drug-likeness (QED) is 0.0957. The van der Waals surface area contributed by atoms with E-state index in [2.05, 4.69) is 12.2 Å². The summed E-state index contributed by atoms with van der Waals surface area (Å²) < 4.78 is 23.9. The maximum atomic E-state index is 13.7. The molecule has 48 heavy (non-hydrogen) atoms. The Hall–Kier alpha value is -4.37. The van der Waals surface area contributed by atoms with Gasteiger partial charge in [-0.1, -0.05) is 87.2 Å². The molecule has 2 amide bonds. The third-order valence-electron chi connectivity index (χ3n) is 8.99. The molecule has 1 N–H and O–H groups in total. The van der Waals surface area contributed by atoms with Crippen molar-refractivity contribution in [3.05, 3.63) is 95.6 Å². The summed E-state index contributed by atoms with van der Waals surface area (Å²) in [7, 11) is 4.81. The molecule has 1 aliphatic heterocycles. The second-order valence-corrected chi connectivity index (χ2v) is 12.2. The number of rotatable bonds is 18. The van der Waals surface area contributed by atoms with Crippen LogP contribution >= 0.6 is 0 Å². The molecule has 0 bridgehead atoms. The molecule has 3 aromatic carbocycles. The molecule has 0 radical (unpaired) electrons. The maximum Gasteiger partial charge on any atom is 0.306 e. The predicted molar refractivity (Wildman–Crippen MR) is 185 cm³/mol. The summed E-state index contributed by atoms with van der Waals surface area (Å²) in [5, 5.41) is 2.53. The topological polar surface area (TPSA) is 103 Å². The largest absolute Gasteiger partial charge is 0.497 e. The summed E-state index contributed by atoms with van der Waals surface area (Å²) in [5.74, 6) is 0.806. The smallest absolute Gasteiger partial charge is 0.306 e. The zero-order chi connectivity index (χ0) is 34.4. The lowest BCUT2D eigenvalue weighted by Gasteiger charge is -2.38. The molecular formula is C39H50N2O7. The van der Waals surface area contributed by atoms with Crippen LogP contribution in [0.15, 0.2) is 78.9 Å². The molecular weight excluding hydrogens is 608 g/mol. The number of carbonyl (C=O) groups excluding carboxylic acids is 3. The lowest BCUT2D eigenvalue weighted by molar-refractivity contribution is -0.150. The van der Waals surface area contributed by atoms with Crippen molar-refractivity contribution in [1.29, 1.82) is 0 Å². The Labute approximate surface area is 284 Å². The van der Waals surface area contributed by atoms with Gasteiger partial charge in [0.1, 0.15) is 23.2 Å². The van der Waals surface area contributed by atoms with Gasteiger partial charge in [0.15, 0.2) is 0 Å². The van der Waals surface area contributed by atoms with Crippen molar-refractivity contribution in [3.63, 3.8) is 0 Å². The van der Waals surface area contributed by atoms with Crippen LogP contribution in [0.4, 0.5) is 0 Å². The molecule has 258 valence electrons. The van der Waals surface area contributed by atoms with E-state index < -0.39 is 17.7 Å². The fourth-order valence-electron chi connectivity index (χ4n) is 6.33. The van der Waals surface area contributed by atoms with Crippen LogP contribution in [0, 0.1) is 0 Å². The fourth-order valence-corrected chi connectivity index (χ4v) is 6.33. The standard InChI is InChI=1S/C39H50N2O7/c1-5-6-7-8-12-15-37(43)41-27-35(48-38(44)25-24-36(42)40-2)26-32(41)28-47-39(29-13-10-9-11-14-29,30-16-20-33(45-3)21-17-30)31-18-22-34(46-4)23-19-31/h9-11,13-14,16-23,32,35H,5-8,12,15,24-28H2,1-4H3,(H,40,42)/t32-,35+/m0/s1. The molecule has 9 nitrogen and oxygen atoms in total. The van der Waals surface area contributed by atoms with E-state index in [-0.39, 0.29) is 43.8 Å². The third-order valence-corrected chi connectivity index (χ3v) is 8.99. The van der Waals surface area contributed by atoms with E-state index in [0.29, 0.717) is 12.8 Å². The molecule has 0 aromatic heterocycles. The number of nitrogens with one attached hydrogen (secondary N) is 1. The van der Waals surface area contributed by atoms with Gasteiger partial charge < -0.3 is 29.2 Å². The average molecular weight is 659 g/mol. The summed E-state index contributed by atoms with van der Waals surface area (Å²) in [6, 6.07) is 25.4. The Morgan fingerprint density at radius 2 is 1.35 bits per heavy atom. The van der Waals surface area contributed by atoms with E-state index in [0.717, 1.165) is 60.3 Å². The van der Waals surface area contributed by atoms with E-state index in [1.807, 2.05) is 83.8 Å². The Morgan fingerprint density at radius 1 is 0.771 bits per heavy atom. The Balaban J connectivity index is 1.66. The Kier molecular flexibility index (Phi) is 13.9. The SMILES string of the molecule is CCCCCCCC(=O)N1C[C@H](OC(=O)CCC(=O)NC)C[C@H]1COC(c1ccccc1)(c1ccc(OC)cc1)c1ccc(OC)cc1. The number of ether oxygens (including phenoxy) is 4. The van der Waals surface area contributed by atoms with E-state index in [4.69, 9.17) is 18.9 Å². The highest BCUT2D eigenvalue weighted by molar-refractivity contribution is 5.81. The van der Waals surface area contributed by atoms with Crippen molar-refractivity contribution in [2.75, 3.05) is 34.4 Å². The molecule has 3 aromatic rings. The van der Waals surface area contributed by atoms with Gasteiger partial charge in [0, 0.05) is 26.3 Å². The average Bonchev–Trinajstić information content (AvgIpc) is 3.53. The molecule has 9 heteroatoms. The number of esters is 1. The molecule has 1 aliphatic rings. The molecule has 2 atom stereocenters. The first-order chi connectivity index (χ1) is 23.3. The number of carbonyl (C=O) groups is 3. The minimum atomic E-state index is -1.04. The highest BCUT2D eigenvalue weighted by Crippen LogP contribution is 2.42. The van der Waals surface area contributed by atoms with Gasteiger partial charge in [-0.15, -0.1) is 0 Å². The molecule has 4 rings (SSSR count). The number of methoxy groups -OCH3 is 2. The molecule has 1 saturated heterocycles. The fraction of sp³-hybridized carbons (Fsp3) is 0.462. The normalized spacial score (nSPS) is 16.0. The highest BCUT2D eigenvalue weighted by Gasteiger charge is 2.42. The number of benzene rings is 3. The van der Waals surface area contributed by atoms with Crippen molar-refractivity contribution < 1.29 is 33.3 Å². The monoisotopic (exact) mass is 658 g/mol. The summed E-state index contributed by atoms with van der Waals surface area (Å²) in [5.41, 5.74) is 1.66. The second kappa shape index (κ2) is 18.2. The van der Waals surface area contributed by atoms with Gasteiger partial charge in [-0.05, 0) is 47.4 Å². The molecule has 0 unspecified atom stereocenters. The zero-order valence-corrected chi connectivity index (χ0v) is 28.7. The number of hydrogen-bond acceptors (Lipinski definition) is 7. The second-order valence-electron chi connectivity index (χ2n) is 12.2. The molecule has 0 saturated carbocycles. The van der Waals surface area contributed by atoms with Gasteiger partial charge in [-0.2, -0.15) is 0 Å². The Bertz CT molecular complexity index is 1400.